The molecule has 0 aromatic carbocycles. The number of aliphatic carboxylic acids is 1. The molecule has 118 valence electrons. The molecule has 0 aromatic rings. The van der Waals surface area contributed by atoms with Crippen molar-refractivity contribution in [1.82, 2.24) is 10.6 Å². The number of hydrogen-bond acceptors (Lipinski definition) is 2. The first kappa shape index (κ1) is 18.7. The maximum atomic E-state index is 11.5. The third-order valence-corrected chi connectivity index (χ3v) is 3.42. The Balaban J connectivity index is 3.61. The van der Waals surface area contributed by atoms with Crippen molar-refractivity contribution in [3.63, 3.8) is 0 Å². The minimum Gasteiger partial charge on any atom is -0.481 e. The standard InChI is InChI=1S/C15H30N2O3/c1-4-5-6-7-11-16-14(20)17-12-10-15(2,3)9-8-13(18)19/h4-12H2,1-3H3,(H,18,19)(H2,16,17,20). The Morgan fingerprint density at radius 2 is 1.65 bits per heavy atom. The van der Waals surface area contributed by atoms with Crippen LogP contribution in [0.4, 0.5) is 4.79 Å². The zero-order valence-corrected chi connectivity index (χ0v) is 13.1. The third-order valence-electron chi connectivity index (χ3n) is 3.42. The molecule has 0 spiro atoms. The first-order valence-electron chi connectivity index (χ1n) is 7.61. The van der Waals surface area contributed by atoms with Crippen molar-refractivity contribution in [2.75, 3.05) is 13.1 Å². The van der Waals surface area contributed by atoms with E-state index in [1.165, 1.54) is 12.8 Å². The van der Waals surface area contributed by atoms with Gasteiger partial charge in [0.25, 0.3) is 0 Å². The Morgan fingerprint density at radius 1 is 1.00 bits per heavy atom. The van der Waals surface area contributed by atoms with Gasteiger partial charge >= 0.3 is 12.0 Å². The molecule has 0 saturated carbocycles. The van der Waals surface area contributed by atoms with Gasteiger partial charge in [0.1, 0.15) is 0 Å². The van der Waals surface area contributed by atoms with Crippen molar-refractivity contribution < 1.29 is 14.7 Å². The third kappa shape index (κ3) is 11.8. The Morgan fingerprint density at radius 3 is 2.25 bits per heavy atom. The van der Waals surface area contributed by atoms with Gasteiger partial charge < -0.3 is 15.7 Å². The molecule has 3 N–H and O–H groups in total. The van der Waals surface area contributed by atoms with Crippen LogP contribution in [-0.2, 0) is 4.79 Å². The number of hydrogen-bond donors (Lipinski definition) is 3. The van der Waals surface area contributed by atoms with Crippen molar-refractivity contribution in [3.05, 3.63) is 0 Å². The summed E-state index contributed by atoms with van der Waals surface area (Å²) < 4.78 is 0. The summed E-state index contributed by atoms with van der Waals surface area (Å²) in [5, 5.41) is 14.3. The molecule has 0 aliphatic rings. The number of carboxylic acid groups (broad SMARTS) is 1. The lowest BCUT2D eigenvalue weighted by atomic mass is 9.84. The number of amides is 2. The van der Waals surface area contributed by atoms with E-state index in [4.69, 9.17) is 5.11 Å². The first-order chi connectivity index (χ1) is 9.37. The van der Waals surface area contributed by atoms with Crippen LogP contribution in [0.2, 0.25) is 0 Å². The lowest BCUT2D eigenvalue weighted by Crippen LogP contribution is -2.37. The summed E-state index contributed by atoms with van der Waals surface area (Å²) in [6.45, 7) is 7.51. The van der Waals surface area contributed by atoms with E-state index in [0.717, 1.165) is 19.3 Å². The molecule has 0 atom stereocenters. The van der Waals surface area contributed by atoms with Crippen LogP contribution >= 0.6 is 0 Å². The van der Waals surface area contributed by atoms with Gasteiger partial charge in [0.05, 0.1) is 0 Å². The molecule has 20 heavy (non-hydrogen) atoms. The molecule has 0 unspecified atom stereocenters. The monoisotopic (exact) mass is 286 g/mol. The van der Waals surface area contributed by atoms with Crippen molar-refractivity contribution >= 4 is 12.0 Å². The van der Waals surface area contributed by atoms with Crippen LogP contribution in [0.1, 0.15) is 65.7 Å². The fourth-order valence-corrected chi connectivity index (χ4v) is 1.90. The summed E-state index contributed by atoms with van der Waals surface area (Å²) >= 11 is 0. The zero-order chi connectivity index (χ0) is 15.4. The average molecular weight is 286 g/mol. The quantitative estimate of drug-likeness (QED) is 0.510. The van der Waals surface area contributed by atoms with Crippen molar-refractivity contribution in [2.45, 2.75) is 65.7 Å². The first-order valence-corrected chi connectivity index (χ1v) is 7.61. The molecule has 5 heteroatoms. The highest BCUT2D eigenvalue weighted by atomic mass is 16.4. The van der Waals surface area contributed by atoms with E-state index >= 15 is 0 Å². The lowest BCUT2D eigenvalue weighted by Gasteiger charge is -2.23. The van der Waals surface area contributed by atoms with Crippen LogP contribution in [-0.4, -0.2) is 30.2 Å². The smallest absolute Gasteiger partial charge is 0.314 e. The molecular formula is C15H30N2O3. The summed E-state index contributed by atoms with van der Waals surface area (Å²) in [5.41, 5.74) is -0.0627. The second-order valence-corrected chi connectivity index (χ2v) is 6.05. The van der Waals surface area contributed by atoms with Gasteiger partial charge in [0, 0.05) is 19.5 Å². The number of rotatable bonds is 11. The van der Waals surface area contributed by atoms with Crippen molar-refractivity contribution in [2.24, 2.45) is 5.41 Å². The van der Waals surface area contributed by atoms with E-state index in [1.54, 1.807) is 0 Å². The number of carbonyl (C=O) groups is 2. The Labute approximate surface area is 122 Å². The maximum Gasteiger partial charge on any atom is 0.314 e. The molecule has 0 rings (SSSR count). The molecule has 5 nitrogen and oxygen atoms in total. The summed E-state index contributed by atoms with van der Waals surface area (Å²) in [6, 6.07) is -0.129. The van der Waals surface area contributed by atoms with Gasteiger partial charge in [-0.25, -0.2) is 4.79 Å². The summed E-state index contributed by atoms with van der Waals surface area (Å²) in [6.07, 6.45) is 6.16. The number of carbonyl (C=O) groups excluding carboxylic acids is 1. The second-order valence-electron chi connectivity index (χ2n) is 6.05. The Bertz CT molecular complexity index is 291. The molecule has 0 fully saturated rings. The fourth-order valence-electron chi connectivity index (χ4n) is 1.90. The summed E-state index contributed by atoms with van der Waals surface area (Å²) in [5.74, 6) is -0.768. The van der Waals surface area contributed by atoms with Crippen LogP contribution in [0, 0.1) is 5.41 Å². The highest BCUT2D eigenvalue weighted by Gasteiger charge is 2.19. The summed E-state index contributed by atoms with van der Waals surface area (Å²) in [4.78, 5) is 22.1. The van der Waals surface area contributed by atoms with Crippen LogP contribution in [0.5, 0.6) is 0 Å². The van der Waals surface area contributed by atoms with Gasteiger partial charge in [-0.1, -0.05) is 40.0 Å². The van der Waals surface area contributed by atoms with E-state index < -0.39 is 5.97 Å². The molecule has 0 saturated heterocycles. The average Bonchev–Trinajstić information content (AvgIpc) is 2.36. The Kier molecular flexibility index (Phi) is 9.86. The van der Waals surface area contributed by atoms with Crippen LogP contribution in [0.3, 0.4) is 0 Å². The molecule has 0 bridgehead atoms. The number of urea groups is 1. The highest BCUT2D eigenvalue weighted by molar-refractivity contribution is 5.73. The van der Waals surface area contributed by atoms with Crippen LogP contribution in [0.25, 0.3) is 0 Å². The van der Waals surface area contributed by atoms with Crippen molar-refractivity contribution in [3.8, 4) is 0 Å². The molecule has 0 radical (unpaired) electrons. The topological polar surface area (TPSA) is 78.4 Å². The molecule has 0 aliphatic carbocycles. The second kappa shape index (κ2) is 10.5. The van der Waals surface area contributed by atoms with Gasteiger partial charge in [-0.3, -0.25) is 4.79 Å². The summed E-state index contributed by atoms with van der Waals surface area (Å²) in [7, 11) is 0. The predicted molar refractivity (Wildman–Crippen MR) is 80.8 cm³/mol. The Hall–Kier alpha value is -1.26. The lowest BCUT2D eigenvalue weighted by molar-refractivity contribution is -0.137. The van der Waals surface area contributed by atoms with E-state index in [0.29, 0.717) is 19.5 Å². The molecule has 0 aliphatic heterocycles. The SMILES string of the molecule is CCCCCCNC(=O)NCCC(C)(C)CCC(=O)O. The normalized spacial score (nSPS) is 11.2. The van der Waals surface area contributed by atoms with E-state index in [-0.39, 0.29) is 17.9 Å². The van der Waals surface area contributed by atoms with Crippen molar-refractivity contribution in [1.29, 1.82) is 0 Å². The number of carboxylic acids is 1. The van der Waals surface area contributed by atoms with E-state index in [9.17, 15) is 9.59 Å². The highest BCUT2D eigenvalue weighted by Crippen LogP contribution is 2.25. The predicted octanol–water partition coefficient (Wildman–Crippen LogP) is 3.15. The fraction of sp³-hybridized carbons (Fsp3) is 0.867. The van der Waals surface area contributed by atoms with E-state index in [2.05, 4.69) is 17.6 Å². The van der Waals surface area contributed by atoms with Gasteiger partial charge in [0.2, 0.25) is 0 Å². The molecule has 0 aromatic heterocycles. The zero-order valence-electron chi connectivity index (χ0n) is 13.1. The van der Waals surface area contributed by atoms with Crippen LogP contribution < -0.4 is 10.6 Å². The maximum absolute atomic E-state index is 11.5. The minimum absolute atomic E-state index is 0.0627. The number of unbranched alkanes of at least 4 members (excludes halogenated alkanes) is 3. The van der Waals surface area contributed by atoms with Gasteiger partial charge in [-0.2, -0.15) is 0 Å². The van der Waals surface area contributed by atoms with Crippen LogP contribution in [0.15, 0.2) is 0 Å². The molecule has 0 heterocycles. The van der Waals surface area contributed by atoms with Gasteiger partial charge in [-0.15, -0.1) is 0 Å². The largest absolute Gasteiger partial charge is 0.481 e. The minimum atomic E-state index is -0.768. The molecule has 2 amide bonds. The van der Waals surface area contributed by atoms with Gasteiger partial charge in [0.15, 0.2) is 0 Å². The molecular weight excluding hydrogens is 256 g/mol. The van der Waals surface area contributed by atoms with Gasteiger partial charge in [-0.05, 0) is 24.7 Å². The van der Waals surface area contributed by atoms with E-state index in [1.807, 2.05) is 13.8 Å². The number of nitrogens with one attached hydrogen (secondary N) is 2.